The summed E-state index contributed by atoms with van der Waals surface area (Å²) >= 11 is 0. The Labute approximate surface area is 154 Å². The summed E-state index contributed by atoms with van der Waals surface area (Å²) < 4.78 is 12.1. The number of carbonyl (C=O) groups is 1. The van der Waals surface area contributed by atoms with E-state index in [1.54, 1.807) is 0 Å². The molecule has 0 spiro atoms. The zero-order chi connectivity index (χ0) is 18.8. The van der Waals surface area contributed by atoms with E-state index in [1.807, 2.05) is 19.9 Å². The van der Waals surface area contributed by atoms with Gasteiger partial charge in [0.15, 0.2) is 0 Å². The van der Waals surface area contributed by atoms with Crippen molar-refractivity contribution in [3.8, 4) is 0 Å². The molecular formula is C22H38O3. The second-order valence-electron chi connectivity index (χ2n) is 9.53. The third kappa shape index (κ3) is 5.09. The van der Waals surface area contributed by atoms with Gasteiger partial charge in [-0.1, -0.05) is 33.3 Å². The van der Waals surface area contributed by atoms with Crippen LogP contribution in [-0.4, -0.2) is 23.3 Å². The lowest BCUT2D eigenvalue weighted by Gasteiger charge is -2.38. The molecule has 144 valence electrons. The molecule has 3 nitrogen and oxygen atoms in total. The first kappa shape index (κ1) is 20.5. The molecule has 1 saturated carbocycles. The number of hydrogen-bond donors (Lipinski definition) is 0. The molecular weight excluding hydrogens is 312 g/mol. The third-order valence-electron chi connectivity index (χ3n) is 6.49. The van der Waals surface area contributed by atoms with Crippen molar-refractivity contribution in [1.29, 1.82) is 0 Å². The molecule has 2 fully saturated rings. The average Bonchev–Trinajstić information content (AvgIpc) is 2.90. The predicted molar refractivity (Wildman–Crippen MR) is 102 cm³/mol. The summed E-state index contributed by atoms with van der Waals surface area (Å²) in [6.45, 7) is 16.8. The number of hydrogen-bond acceptors (Lipinski definition) is 3. The molecule has 1 saturated heterocycles. The quantitative estimate of drug-likeness (QED) is 0.467. The van der Waals surface area contributed by atoms with Crippen LogP contribution in [0.4, 0.5) is 0 Å². The van der Waals surface area contributed by atoms with Crippen molar-refractivity contribution < 1.29 is 14.3 Å². The number of carbonyl (C=O) groups excluding carboxylic acids is 1. The molecule has 0 aromatic carbocycles. The van der Waals surface area contributed by atoms with E-state index in [4.69, 9.17) is 9.47 Å². The van der Waals surface area contributed by atoms with Crippen LogP contribution in [0.3, 0.4) is 0 Å². The topological polar surface area (TPSA) is 35.5 Å². The van der Waals surface area contributed by atoms with Gasteiger partial charge in [0.25, 0.3) is 0 Å². The second-order valence-corrected chi connectivity index (χ2v) is 9.53. The molecule has 0 N–H and O–H groups in total. The molecule has 5 atom stereocenters. The highest BCUT2D eigenvalue weighted by atomic mass is 16.6. The summed E-state index contributed by atoms with van der Waals surface area (Å²) in [4.78, 5) is 12.7. The van der Waals surface area contributed by atoms with Gasteiger partial charge in [0.05, 0.1) is 11.7 Å². The van der Waals surface area contributed by atoms with Crippen LogP contribution in [-0.2, 0) is 14.3 Å². The fraction of sp³-hybridized carbons (Fsp3) is 0.864. The summed E-state index contributed by atoms with van der Waals surface area (Å²) in [5.41, 5.74) is -0.888. The molecule has 1 aliphatic heterocycles. The van der Waals surface area contributed by atoms with Crippen molar-refractivity contribution in [2.45, 2.75) is 97.4 Å². The van der Waals surface area contributed by atoms with Gasteiger partial charge < -0.3 is 9.47 Å². The van der Waals surface area contributed by atoms with Gasteiger partial charge >= 0.3 is 5.97 Å². The minimum Gasteiger partial charge on any atom is -0.457 e. The molecule has 1 heterocycles. The lowest BCUT2D eigenvalue weighted by atomic mass is 9.69. The van der Waals surface area contributed by atoms with Crippen molar-refractivity contribution in [3.05, 3.63) is 12.7 Å². The van der Waals surface area contributed by atoms with Gasteiger partial charge in [-0.25, -0.2) is 0 Å². The molecule has 0 aromatic rings. The van der Waals surface area contributed by atoms with E-state index in [9.17, 15) is 4.79 Å². The van der Waals surface area contributed by atoms with Crippen molar-refractivity contribution in [3.63, 3.8) is 0 Å². The standard InChI is InChI=1S/C22H38O3/c1-8-22(7)12-11-19(24-22)21(5,6)25-20(23)14-17-13-16(4)9-10-18(17)15(2)3/h8,15-19H,1,9-14H2,2-7H3. The summed E-state index contributed by atoms with van der Waals surface area (Å²) in [6.07, 6.45) is 7.84. The van der Waals surface area contributed by atoms with Crippen LogP contribution >= 0.6 is 0 Å². The summed E-state index contributed by atoms with van der Waals surface area (Å²) in [5.74, 6) is 2.37. The Morgan fingerprint density at radius 2 is 2.04 bits per heavy atom. The Bertz CT molecular complexity index is 482. The largest absolute Gasteiger partial charge is 0.457 e. The normalized spacial score (nSPS) is 36.4. The fourth-order valence-corrected chi connectivity index (χ4v) is 4.75. The van der Waals surface area contributed by atoms with E-state index in [2.05, 4.69) is 34.3 Å². The highest BCUT2D eigenvalue weighted by molar-refractivity contribution is 5.70. The fourth-order valence-electron chi connectivity index (χ4n) is 4.75. The maximum absolute atomic E-state index is 12.7. The Morgan fingerprint density at radius 1 is 1.36 bits per heavy atom. The SMILES string of the molecule is C=CC1(C)CCC(C(C)(C)OC(=O)CC2CC(C)CCC2C(C)C)O1. The smallest absolute Gasteiger partial charge is 0.306 e. The van der Waals surface area contributed by atoms with Crippen molar-refractivity contribution in [1.82, 2.24) is 0 Å². The molecule has 3 heteroatoms. The van der Waals surface area contributed by atoms with Gasteiger partial charge in [0.2, 0.25) is 0 Å². The van der Waals surface area contributed by atoms with E-state index in [0.717, 1.165) is 19.3 Å². The zero-order valence-corrected chi connectivity index (χ0v) is 17.1. The van der Waals surface area contributed by atoms with E-state index in [1.165, 1.54) is 12.8 Å². The van der Waals surface area contributed by atoms with E-state index in [0.29, 0.717) is 30.1 Å². The molecule has 25 heavy (non-hydrogen) atoms. The minimum atomic E-state index is -0.592. The molecule has 0 radical (unpaired) electrons. The van der Waals surface area contributed by atoms with Gasteiger partial charge in [-0.3, -0.25) is 4.79 Å². The monoisotopic (exact) mass is 350 g/mol. The van der Waals surface area contributed by atoms with Crippen LogP contribution < -0.4 is 0 Å². The molecule has 0 amide bonds. The Morgan fingerprint density at radius 3 is 2.60 bits per heavy atom. The van der Waals surface area contributed by atoms with Crippen LogP contribution in [0, 0.1) is 23.7 Å². The third-order valence-corrected chi connectivity index (χ3v) is 6.49. The Hall–Kier alpha value is -0.830. The molecule has 2 rings (SSSR count). The van der Waals surface area contributed by atoms with Crippen LogP contribution in [0.5, 0.6) is 0 Å². The highest BCUT2D eigenvalue weighted by Gasteiger charge is 2.44. The first-order valence-corrected chi connectivity index (χ1v) is 10.1. The average molecular weight is 351 g/mol. The Kier molecular flexibility index (Phi) is 6.40. The molecule has 2 aliphatic rings. The van der Waals surface area contributed by atoms with E-state index >= 15 is 0 Å². The first-order valence-electron chi connectivity index (χ1n) is 10.1. The maximum atomic E-state index is 12.7. The Balaban J connectivity index is 1.95. The second kappa shape index (κ2) is 7.82. The maximum Gasteiger partial charge on any atom is 0.306 e. The van der Waals surface area contributed by atoms with Crippen molar-refractivity contribution >= 4 is 5.97 Å². The minimum absolute atomic E-state index is 0.0642. The lowest BCUT2D eigenvalue weighted by Crippen LogP contribution is -2.42. The van der Waals surface area contributed by atoms with Crippen LogP contribution in [0.1, 0.15) is 80.1 Å². The molecule has 0 bridgehead atoms. The van der Waals surface area contributed by atoms with Gasteiger partial charge in [0.1, 0.15) is 5.60 Å². The molecule has 5 unspecified atom stereocenters. The van der Waals surface area contributed by atoms with E-state index < -0.39 is 5.60 Å². The van der Waals surface area contributed by atoms with Crippen molar-refractivity contribution in [2.24, 2.45) is 23.7 Å². The summed E-state index contributed by atoms with van der Waals surface area (Å²) in [7, 11) is 0. The summed E-state index contributed by atoms with van der Waals surface area (Å²) in [5, 5.41) is 0. The van der Waals surface area contributed by atoms with Crippen LogP contribution in [0.2, 0.25) is 0 Å². The van der Waals surface area contributed by atoms with Crippen LogP contribution in [0.25, 0.3) is 0 Å². The summed E-state index contributed by atoms with van der Waals surface area (Å²) in [6, 6.07) is 0. The molecule has 1 aliphatic carbocycles. The number of esters is 1. The van der Waals surface area contributed by atoms with Crippen LogP contribution in [0.15, 0.2) is 12.7 Å². The highest BCUT2D eigenvalue weighted by Crippen LogP contribution is 2.41. The van der Waals surface area contributed by atoms with Gasteiger partial charge in [-0.05, 0) is 70.1 Å². The van der Waals surface area contributed by atoms with Gasteiger partial charge in [0, 0.05) is 6.42 Å². The van der Waals surface area contributed by atoms with Gasteiger partial charge in [-0.15, -0.1) is 6.58 Å². The predicted octanol–water partition coefficient (Wildman–Crippen LogP) is 5.53. The first-order chi connectivity index (χ1) is 11.6. The van der Waals surface area contributed by atoms with Crippen molar-refractivity contribution in [2.75, 3.05) is 0 Å². The molecule has 0 aromatic heterocycles. The number of rotatable bonds is 6. The van der Waals surface area contributed by atoms with Gasteiger partial charge in [-0.2, -0.15) is 0 Å². The zero-order valence-electron chi connectivity index (χ0n) is 17.1. The van der Waals surface area contributed by atoms with E-state index in [-0.39, 0.29) is 17.7 Å². The number of ether oxygens (including phenoxy) is 2. The lowest BCUT2D eigenvalue weighted by molar-refractivity contribution is -0.176.